The predicted molar refractivity (Wildman–Crippen MR) is 77.2 cm³/mol. The highest BCUT2D eigenvalue weighted by Crippen LogP contribution is 2.25. The van der Waals surface area contributed by atoms with Crippen LogP contribution in [-0.4, -0.2) is 46.5 Å². The Hall–Kier alpha value is -1.85. The molecule has 2 fully saturated rings. The third-order valence-electron chi connectivity index (χ3n) is 4.24. The van der Waals surface area contributed by atoms with E-state index in [0.717, 1.165) is 25.9 Å². The zero-order valence-electron chi connectivity index (χ0n) is 11.7. The van der Waals surface area contributed by atoms with Crippen LogP contribution in [0.15, 0.2) is 12.4 Å². The predicted octanol–water partition coefficient (Wildman–Crippen LogP) is 1.04. The van der Waals surface area contributed by atoms with Gasteiger partial charge in [0.1, 0.15) is 11.6 Å². The summed E-state index contributed by atoms with van der Waals surface area (Å²) >= 11 is 0. The summed E-state index contributed by atoms with van der Waals surface area (Å²) in [6.45, 7) is 1.97. The molecule has 1 aromatic heterocycles. The van der Waals surface area contributed by atoms with E-state index in [4.69, 9.17) is 5.73 Å². The number of amides is 1. The molecule has 0 bridgehead atoms. The van der Waals surface area contributed by atoms with Gasteiger partial charge >= 0.3 is 0 Å². The number of anilines is 2. The quantitative estimate of drug-likeness (QED) is 0.873. The normalized spacial score (nSPS) is 21.3. The Morgan fingerprint density at radius 3 is 2.65 bits per heavy atom. The Bertz CT molecular complexity index is 486. The minimum absolute atomic E-state index is 0.201. The lowest BCUT2D eigenvalue weighted by Crippen LogP contribution is -2.54. The highest BCUT2D eigenvalue weighted by molar-refractivity contribution is 5.82. The summed E-state index contributed by atoms with van der Waals surface area (Å²) in [5, 5.41) is 0. The van der Waals surface area contributed by atoms with Crippen molar-refractivity contribution in [1.29, 1.82) is 0 Å². The van der Waals surface area contributed by atoms with Gasteiger partial charge in [0.2, 0.25) is 5.91 Å². The molecule has 2 N–H and O–H groups in total. The first-order chi connectivity index (χ1) is 9.74. The van der Waals surface area contributed by atoms with Crippen molar-refractivity contribution in [2.75, 3.05) is 30.3 Å². The van der Waals surface area contributed by atoms with Gasteiger partial charge in [0.15, 0.2) is 0 Å². The van der Waals surface area contributed by atoms with Crippen molar-refractivity contribution in [2.24, 2.45) is 0 Å². The van der Waals surface area contributed by atoms with Crippen LogP contribution < -0.4 is 10.6 Å². The van der Waals surface area contributed by atoms with Crippen LogP contribution in [-0.2, 0) is 4.79 Å². The van der Waals surface area contributed by atoms with Crippen LogP contribution in [0.5, 0.6) is 0 Å². The summed E-state index contributed by atoms with van der Waals surface area (Å²) in [6.07, 6.45) is 9.30. The second-order valence-electron chi connectivity index (χ2n) is 5.60. The SMILES string of the molecule is Nc1cncc(N2CCN(C3CCCCC3)C(=O)C2)n1. The van der Waals surface area contributed by atoms with E-state index in [1.807, 2.05) is 4.90 Å². The molecule has 1 saturated heterocycles. The van der Waals surface area contributed by atoms with Crippen LogP contribution in [0.3, 0.4) is 0 Å². The van der Waals surface area contributed by atoms with E-state index in [-0.39, 0.29) is 5.91 Å². The van der Waals surface area contributed by atoms with Gasteiger partial charge in [0, 0.05) is 19.1 Å². The highest BCUT2D eigenvalue weighted by atomic mass is 16.2. The van der Waals surface area contributed by atoms with E-state index in [1.54, 1.807) is 6.20 Å². The van der Waals surface area contributed by atoms with Crippen LogP contribution >= 0.6 is 0 Å². The molecule has 0 radical (unpaired) electrons. The fraction of sp³-hybridized carbons (Fsp3) is 0.643. The number of piperazine rings is 1. The summed E-state index contributed by atoms with van der Waals surface area (Å²) in [4.78, 5) is 24.7. The van der Waals surface area contributed by atoms with Crippen LogP contribution in [0, 0.1) is 0 Å². The fourth-order valence-electron chi connectivity index (χ4n) is 3.18. The molecule has 2 heterocycles. The molecule has 1 aromatic rings. The molecule has 1 aliphatic carbocycles. The van der Waals surface area contributed by atoms with Gasteiger partial charge in [-0.05, 0) is 12.8 Å². The van der Waals surface area contributed by atoms with E-state index in [0.29, 0.717) is 24.2 Å². The summed E-state index contributed by atoms with van der Waals surface area (Å²) in [7, 11) is 0. The number of nitrogens with zero attached hydrogens (tertiary/aromatic N) is 4. The van der Waals surface area contributed by atoms with Crippen LogP contribution in [0.25, 0.3) is 0 Å². The monoisotopic (exact) mass is 275 g/mol. The Kier molecular flexibility index (Phi) is 3.71. The van der Waals surface area contributed by atoms with Gasteiger partial charge in [-0.15, -0.1) is 0 Å². The standard InChI is InChI=1S/C14H21N5O/c15-12-8-16-9-13(17-12)18-6-7-19(14(20)10-18)11-4-2-1-3-5-11/h8-9,11H,1-7,10H2,(H2,15,17). The lowest BCUT2D eigenvalue weighted by Gasteiger charge is -2.40. The summed E-state index contributed by atoms with van der Waals surface area (Å²) in [6, 6.07) is 0.449. The minimum Gasteiger partial charge on any atom is -0.382 e. The highest BCUT2D eigenvalue weighted by Gasteiger charge is 2.30. The first-order valence-electron chi connectivity index (χ1n) is 7.36. The molecule has 108 valence electrons. The average molecular weight is 275 g/mol. The number of aromatic nitrogens is 2. The Morgan fingerprint density at radius 1 is 1.15 bits per heavy atom. The Balaban J connectivity index is 1.66. The van der Waals surface area contributed by atoms with Gasteiger partial charge in [-0.1, -0.05) is 19.3 Å². The third kappa shape index (κ3) is 2.69. The summed E-state index contributed by atoms with van der Waals surface area (Å²) < 4.78 is 0. The number of nitrogen functional groups attached to an aromatic ring is 1. The number of carbonyl (C=O) groups excluding carboxylic acids is 1. The van der Waals surface area contributed by atoms with E-state index < -0.39 is 0 Å². The van der Waals surface area contributed by atoms with Crippen molar-refractivity contribution in [3.05, 3.63) is 12.4 Å². The van der Waals surface area contributed by atoms with Crippen molar-refractivity contribution >= 4 is 17.5 Å². The van der Waals surface area contributed by atoms with E-state index in [1.165, 1.54) is 25.5 Å². The molecule has 2 aliphatic rings. The van der Waals surface area contributed by atoms with E-state index in [9.17, 15) is 4.79 Å². The Labute approximate surface area is 119 Å². The van der Waals surface area contributed by atoms with E-state index >= 15 is 0 Å². The first kappa shape index (κ1) is 13.1. The average Bonchev–Trinajstić information content (AvgIpc) is 2.48. The Morgan fingerprint density at radius 2 is 1.95 bits per heavy atom. The van der Waals surface area contributed by atoms with Crippen molar-refractivity contribution in [2.45, 2.75) is 38.1 Å². The number of hydrogen-bond acceptors (Lipinski definition) is 5. The minimum atomic E-state index is 0.201. The van der Waals surface area contributed by atoms with Gasteiger partial charge in [0.05, 0.1) is 18.9 Å². The smallest absolute Gasteiger partial charge is 0.242 e. The van der Waals surface area contributed by atoms with Crippen molar-refractivity contribution < 1.29 is 4.79 Å². The zero-order chi connectivity index (χ0) is 13.9. The zero-order valence-corrected chi connectivity index (χ0v) is 11.7. The molecule has 0 unspecified atom stereocenters. The topological polar surface area (TPSA) is 75.3 Å². The molecule has 1 aliphatic heterocycles. The molecule has 6 nitrogen and oxygen atoms in total. The van der Waals surface area contributed by atoms with Crippen molar-refractivity contribution in [3.63, 3.8) is 0 Å². The number of carbonyl (C=O) groups is 1. The molecule has 0 atom stereocenters. The van der Waals surface area contributed by atoms with Crippen LogP contribution in [0.1, 0.15) is 32.1 Å². The van der Waals surface area contributed by atoms with Gasteiger partial charge in [-0.2, -0.15) is 0 Å². The third-order valence-corrected chi connectivity index (χ3v) is 4.24. The molecular formula is C14H21N5O. The maximum absolute atomic E-state index is 12.4. The molecule has 1 amide bonds. The van der Waals surface area contributed by atoms with Gasteiger partial charge in [-0.3, -0.25) is 9.78 Å². The molecule has 20 heavy (non-hydrogen) atoms. The van der Waals surface area contributed by atoms with Gasteiger partial charge in [0.25, 0.3) is 0 Å². The second-order valence-corrected chi connectivity index (χ2v) is 5.60. The molecule has 0 spiro atoms. The molecule has 1 saturated carbocycles. The largest absolute Gasteiger partial charge is 0.382 e. The van der Waals surface area contributed by atoms with Crippen LogP contribution in [0.4, 0.5) is 11.6 Å². The lowest BCUT2D eigenvalue weighted by atomic mass is 9.93. The van der Waals surface area contributed by atoms with Crippen molar-refractivity contribution in [1.82, 2.24) is 14.9 Å². The van der Waals surface area contributed by atoms with Gasteiger partial charge < -0.3 is 15.5 Å². The van der Waals surface area contributed by atoms with Gasteiger partial charge in [-0.25, -0.2) is 4.98 Å². The number of rotatable bonds is 2. The molecule has 0 aromatic carbocycles. The molecule has 3 rings (SSSR count). The maximum atomic E-state index is 12.4. The lowest BCUT2D eigenvalue weighted by molar-refractivity contribution is -0.134. The fourth-order valence-corrected chi connectivity index (χ4v) is 3.18. The first-order valence-corrected chi connectivity index (χ1v) is 7.36. The number of nitrogens with two attached hydrogens (primary N) is 1. The maximum Gasteiger partial charge on any atom is 0.242 e. The second kappa shape index (κ2) is 5.64. The van der Waals surface area contributed by atoms with E-state index in [2.05, 4.69) is 14.9 Å². The number of hydrogen-bond donors (Lipinski definition) is 1. The molecular weight excluding hydrogens is 254 g/mol. The molecule has 6 heteroatoms. The van der Waals surface area contributed by atoms with Crippen LogP contribution in [0.2, 0.25) is 0 Å². The summed E-state index contributed by atoms with van der Waals surface area (Å²) in [5.41, 5.74) is 5.65. The van der Waals surface area contributed by atoms with Crippen molar-refractivity contribution in [3.8, 4) is 0 Å². The summed E-state index contributed by atoms with van der Waals surface area (Å²) in [5.74, 6) is 1.29.